The summed E-state index contributed by atoms with van der Waals surface area (Å²) in [4.78, 5) is 0. The third kappa shape index (κ3) is 3.44. The van der Waals surface area contributed by atoms with Crippen molar-refractivity contribution in [1.29, 1.82) is 0 Å². The summed E-state index contributed by atoms with van der Waals surface area (Å²) in [5.74, 6) is 1.78. The maximum Gasteiger partial charge on any atom is 0.0294 e. The van der Waals surface area contributed by atoms with E-state index >= 15 is 0 Å². The molecule has 2 N–H and O–H groups in total. The minimum atomic E-state index is 0.243. The summed E-state index contributed by atoms with van der Waals surface area (Å²) in [6, 6.07) is 9.44. The van der Waals surface area contributed by atoms with Gasteiger partial charge in [-0.15, -0.1) is 0 Å². The fourth-order valence-corrected chi connectivity index (χ4v) is 3.81. The van der Waals surface area contributed by atoms with Crippen LogP contribution in [0.25, 0.3) is 0 Å². The zero-order valence-electron chi connectivity index (χ0n) is 12.7. The Hall–Kier alpha value is -0.820. The largest absolute Gasteiger partial charge is 0.324 e. The van der Waals surface area contributed by atoms with E-state index in [0.29, 0.717) is 0 Å². The first-order valence-corrected chi connectivity index (χ1v) is 8.68. The van der Waals surface area contributed by atoms with Crippen molar-refractivity contribution in [2.45, 2.75) is 76.2 Å². The van der Waals surface area contributed by atoms with E-state index in [1.54, 1.807) is 0 Å². The second-order valence-electron chi connectivity index (χ2n) is 6.98. The van der Waals surface area contributed by atoms with Crippen molar-refractivity contribution in [3.8, 4) is 0 Å². The van der Waals surface area contributed by atoms with Gasteiger partial charge >= 0.3 is 0 Å². The first-order chi connectivity index (χ1) is 9.83. The molecule has 1 nitrogen and oxygen atoms in total. The first kappa shape index (κ1) is 14.1. The highest BCUT2D eigenvalue weighted by atomic mass is 14.6. The van der Waals surface area contributed by atoms with E-state index in [1.807, 2.05) is 0 Å². The molecule has 2 aliphatic rings. The normalized spacial score (nSPS) is 22.4. The molecule has 110 valence electrons. The summed E-state index contributed by atoms with van der Waals surface area (Å²) in [6.45, 7) is 0. The van der Waals surface area contributed by atoms with Gasteiger partial charge in [-0.2, -0.15) is 0 Å². The van der Waals surface area contributed by atoms with Crippen molar-refractivity contribution < 1.29 is 0 Å². The van der Waals surface area contributed by atoms with Gasteiger partial charge in [-0.05, 0) is 48.6 Å². The molecule has 2 saturated carbocycles. The lowest BCUT2D eigenvalue weighted by Crippen LogP contribution is -2.14. The second-order valence-corrected chi connectivity index (χ2v) is 6.98. The first-order valence-electron chi connectivity index (χ1n) is 8.68. The Balaban J connectivity index is 1.49. The van der Waals surface area contributed by atoms with E-state index in [4.69, 9.17) is 5.73 Å². The highest BCUT2D eigenvalue weighted by molar-refractivity contribution is 5.28. The lowest BCUT2D eigenvalue weighted by molar-refractivity contribution is 0.324. The molecule has 3 rings (SSSR count). The lowest BCUT2D eigenvalue weighted by Gasteiger charge is -2.26. The minimum absolute atomic E-state index is 0.243. The van der Waals surface area contributed by atoms with Gasteiger partial charge < -0.3 is 5.73 Å². The molecule has 1 atom stereocenters. The Morgan fingerprint density at radius 3 is 2.20 bits per heavy atom. The zero-order chi connectivity index (χ0) is 13.8. The smallest absolute Gasteiger partial charge is 0.0294 e. The molecule has 0 bridgehead atoms. The summed E-state index contributed by atoms with van der Waals surface area (Å²) in [6.07, 6.45) is 13.9. The topological polar surface area (TPSA) is 26.0 Å². The van der Waals surface area contributed by atoms with Gasteiger partial charge in [-0.1, -0.05) is 62.8 Å². The van der Waals surface area contributed by atoms with Crippen molar-refractivity contribution in [2.75, 3.05) is 0 Å². The van der Waals surface area contributed by atoms with E-state index in [1.165, 1.54) is 68.9 Å². The van der Waals surface area contributed by atoms with Crippen molar-refractivity contribution in [3.63, 3.8) is 0 Å². The van der Waals surface area contributed by atoms with Gasteiger partial charge in [-0.3, -0.25) is 0 Å². The Bertz CT molecular complexity index is 398. The molecule has 1 aromatic rings. The van der Waals surface area contributed by atoms with E-state index in [9.17, 15) is 0 Å². The van der Waals surface area contributed by atoms with E-state index in [-0.39, 0.29) is 6.04 Å². The van der Waals surface area contributed by atoms with Crippen molar-refractivity contribution in [1.82, 2.24) is 0 Å². The minimum Gasteiger partial charge on any atom is -0.324 e. The van der Waals surface area contributed by atoms with Crippen LogP contribution in [-0.4, -0.2) is 0 Å². The zero-order valence-corrected chi connectivity index (χ0v) is 12.7. The van der Waals surface area contributed by atoms with Crippen LogP contribution in [0, 0.1) is 5.92 Å². The molecule has 2 aliphatic carbocycles. The van der Waals surface area contributed by atoms with Gasteiger partial charge in [0.25, 0.3) is 0 Å². The standard InChI is InChI=1S/C19H29N/c20-19(14-9-15-5-2-1-3-6-15)18-12-10-17(11-13-18)16-7-4-8-16/h10-13,15-16,19H,1-9,14,20H2. The van der Waals surface area contributed by atoms with Gasteiger partial charge in [0.05, 0.1) is 0 Å². The van der Waals surface area contributed by atoms with Gasteiger partial charge in [0.15, 0.2) is 0 Å². The predicted octanol–water partition coefficient (Wildman–Crippen LogP) is 5.31. The Morgan fingerprint density at radius 1 is 0.900 bits per heavy atom. The molecule has 1 unspecified atom stereocenters. The maximum absolute atomic E-state index is 6.38. The number of rotatable bonds is 5. The lowest BCUT2D eigenvalue weighted by atomic mass is 9.79. The summed E-state index contributed by atoms with van der Waals surface area (Å²) in [5, 5.41) is 0. The van der Waals surface area contributed by atoms with Crippen LogP contribution >= 0.6 is 0 Å². The molecule has 0 aromatic heterocycles. The Morgan fingerprint density at radius 2 is 1.60 bits per heavy atom. The fourth-order valence-electron chi connectivity index (χ4n) is 3.81. The van der Waals surface area contributed by atoms with Crippen LogP contribution in [0.3, 0.4) is 0 Å². The summed E-state index contributed by atoms with van der Waals surface area (Å²) in [5.41, 5.74) is 9.25. The van der Waals surface area contributed by atoms with Crippen LogP contribution in [0.1, 0.15) is 87.3 Å². The van der Waals surface area contributed by atoms with E-state index < -0.39 is 0 Å². The van der Waals surface area contributed by atoms with Crippen LogP contribution in [-0.2, 0) is 0 Å². The summed E-state index contributed by atoms with van der Waals surface area (Å²) < 4.78 is 0. The summed E-state index contributed by atoms with van der Waals surface area (Å²) in [7, 11) is 0. The molecule has 1 aromatic carbocycles. The SMILES string of the molecule is NC(CCC1CCCCC1)c1ccc(C2CCC2)cc1. The monoisotopic (exact) mass is 271 g/mol. The molecule has 0 heterocycles. The van der Waals surface area contributed by atoms with Gasteiger partial charge in [-0.25, -0.2) is 0 Å². The average molecular weight is 271 g/mol. The van der Waals surface area contributed by atoms with Gasteiger partial charge in [0, 0.05) is 6.04 Å². The number of hydrogen-bond acceptors (Lipinski definition) is 1. The molecular weight excluding hydrogens is 242 g/mol. The highest BCUT2D eigenvalue weighted by Crippen LogP contribution is 2.36. The van der Waals surface area contributed by atoms with Gasteiger partial charge in [0.2, 0.25) is 0 Å². The van der Waals surface area contributed by atoms with Crippen molar-refractivity contribution in [2.24, 2.45) is 11.7 Å². The molecular formula is C19H29N. The molecule has 0 amide bonds. The molecule has 0 aliphatic heterocycles. The Kier molecular flexibility index (Phi) is 4.77. The average Bonchev–Trinajstić information content (AvgIpc) is 2.45. The van der Waals surface area contributed by atoms with Crippen LogP contribution in [0.15, 0.2) is 24.3 Å². The van der Waals surface area contributed by atoms with Gasteiger partial charge in [0.1, 0.15) is 0 Å². The van der Waals surface area contributed by atoms with Crippen LogP contribution < -0.4 is 5.73 Å². The van der Waals surface area contributed by atoms with Crippen molar-refractivity contribution in [3.05, 3.63) is 35.4 Å². The number of benzene rings is 1. The molecule has 1 heteroatoms. The van der Waals surface area contributed by atoms with Crippen LogP contribution in [0.5, 0.6) is 0 Å². The van der Waals surface area contributed by atoms with Crippen LogP contribution in [0.2, 0.25) is 0 Å². The predicted molar refractivity (Wildman–Crippen MR) is 85.8 cm³/mol. The summed E-state index contributed by atoms with van der Waals surface area (Å²) >= 11 is 0. The quantitative estimate of drug-likeness (QED) is 0.771. The second kappa shape index (κ2) is 6.76. The van der Waals surface area contributed by atoms with E-state index in [2.05, 4.69) is 24.3 Å². The third-order valence-corrected chi connectivity index (χ3v) is 5.55. The van der Waals surface area contributed by atoms with Crippen molar-refractivity contribution >= 4 is 0 Å². The number of nitrogens with two attached hydrogens (primary N) is 1. The Labute approximate surface area is 124 Å². The molecule has 2 fully saturated rings. The molecule has 0 radical (unpaired) electrons. The third-order valence-electron chi connectivity index (χ3n) is 5.55. The number of hydrogen-bond donors (Lipinski definition) is 1. The fraction of sp³-hybridized carbons (Fsp3) is 0.684. The highest BCUT2D eigenvalue weighted by Gasteiger charge is 2.20. The van der Waals surface area contributed by atoms with E-state index in [0.717, 1.165) is 18.3 Å². The maximum atomic E-state index is 6.38. The molecule has 20 heavy (non-hydrogen) atoms. The van der Waals surface area contributed by atoms with Crippen LogP contribution in [0.4, 0.5) is 0 Å². The molecule has 0 spiro atoms. The molecule has 0 saturated heterocycles.